The van der Waals surface area contributed by atoms with Crippen molar-refractivity contribution >= 4 is 27.7 Å². The number of halogens is 1. The Morgan fingerprint density at radius 3 is 2.82 bits per heavy atom. The van der Waals surface area contributed by atoms with Crippen LogP contribution in [0.25, 0.3) is 0 Å². The van der Waals surface area contributed by atoms with Crippen molar-refractivity contribution in [1.29, 1.82) is 0 Å². The molecule has 1 saturated carbocycles. The average Bonchev–Trinajstić information content (AvgIpc) is 2.58. The van der Waals surface area contributed by atoms with Gasteiger partial charge in [0.1, 0.15) is 5.78 Å². The molecule has 17 heavy (non-hydrogen) atoms. The minimum Gasteiger partial charge on any atom is -0.469 e. The number of hydrogen-bond donors (Lipinski definition) is 0. The molecule has 98 valence electrons. The quantitative estimate of drug-likeness (QED) is 0.430. The van der Waals surface area contributed by atoms with E-state index in [1.165, 1.54) is 7.11 Å². The number of esters is 1. The fourth-order valence-electron chi connectivity index (χ4n) is 2.49. The second-order valence-corrected chi connectivity index (χ2v) is 6.17. The number of ketones is 1. The molecule has 0 aromatic rings. The van der Waals surface area contributed by atoms with E-state index in [1.54, 1.807) is 0 Å². The molecule has 2 atom stereocenters. The van der Waals surface area contributed by atoms with Gasteiger partial charge in [-0.25, -0.2) is 0 Å². The number of unbranched alkanes of at least 4 members (excludes halogenated alkanes) is 2. The molecule has 0 N–H and O–H groups in total. The molecule has 1 rings (SSSR count). The first-order valence-corrected chi connectivity index (χ1v) is 7.13. The van der Waals surface area contributed by atoms with E-state index in [0.717, 1.165) is 32.1 Å². The van der Waals surface area contributed by atoms with E-state index < -0.39 is 4.32 Å². The molecule has 2 unspecified atom stereocenters. The molecule has 4 heteroatoms. The van der Waals surface area contributed by atoms with Crippen LogP contribution in [-0.2, 0) is 14.3 Å². The smallest absolute Gasteiger partial charge is 0.305 e. The predicted molar refractivity (Wildman–Crippen MR) is 70.2 cm³/mol. The van der Waals surface area contributed by atoms with Crippen molar-refractivity contribution in [2.24, 2.45) is 5.92 Å². The lowest BCUT2D eigenvalue weighted by Gasteiger charge is -2.27. The van der Waals surface area contributed by atoms with Crippen LogP contribution in [0.4, 0.5) is 0 Å². The van der Waals surface area contributed by atoms with E-state index >= 15 is 0 Å². The van der Waals surface area contributed by atoms with Crippen LogP contribution >= 0.6 is 15.9 Å². The highest BCUT2D eigenvalue weighted by atomic mass is 79.9. The predicted octanol–water partition coefficient (Wildman–Crippen LogP) is 3.24. The topological polar surface area (TPSA) is 43.4 Å². The Bertz CT molecular complexity index is 290. The summed E-state index contributed by atoms with van der Waals surface area (Å²) < 4.78 is 4.22. The Labute approximate surface area is 111 Å². The molecule has 0 aliphatic heterocycles. The number of rotatable bonds is 6. The Kier molecular flexibility index (Phi) is 5.63. The molecule has 0 aromatic heterocycles. The van der Waals surface area contributed by atoms with Gasteiger partial charge in [-0.05, 0) is 18.8 Å². The first-order valence-electron chi connectivity index (χ1n) is 6.33. The number of ether oxygens (including phenoxy) is 1. The number of Topliss-reactive ketones (excluding diaryl/α,β-unsaturated/α-hetero) is 1. The van der Waals surface area contributed by atoms with Gasteiger partial charge in [0, 0.05) is 6.42 Å². The summed E-state index contributed by atoms with van der Waals surface area (Å²) in [6, 6.07) is 0. The van der Waals surface area contributed by atoms with Crippen LogP contribution in [0.2, 0.25) is 0 Å². The second-order valence-electron chi connectivity index (χ2n) is 4.76. The van der Waals surface area contributed by atoms with E-state index in [4.69, 9.17) is 4.74 Å². The van der Waals surface area contributed by atoms with Gasteiger partial charge in [0.15, 0.2) is 0 Å². The summed E-state index contributed by atoms with van der Waals surface area (Å²) in [7, 11) is 1.39. The van der Waals surface area contributed by atoms with Crippen LogP contribution in [0.5, 0.6) is 0 Å². The zero-order chi connectivity index (χ0) is 12.9. The molecule has 1 aliphatic rings. The minimum absolute atomic E-state index is 0.0966. The third-order valence-corrected chi connectivity index (χ3v) is 5.10. The molecule has 0 bridgehead atoms. The van der Waals surface area contributed by atoms with Gasteiger partial charge >= 0.3 is 5.97 Å². The molecular formula is C13H21BrO3. The van der Waals surface area contributed by atoms with Gasteiger partial charge in [-0.3, -0.25) is 9.59 Å². The number of methoxy groups -OCH3 is 1. The van der Waals surface area contributed by atoms with Crippen molar-refractivity contribution in [2.45, 2.75) is 56.2 Å². The van der Waals surface area contributed by atoms with E-state index in [9.17, 15) is 9.59 Å². The maximum absolute atomic E-state index is 12.0. The van der Waals surface area contributed by atoms with Gasteiger partial charge in [-0.1, -0.05) is 42.1 Å². The van der Waals surface area contributed by atoms with Crippen LogP contribution in [0.15, 0.2) is 0 Å². The summed E-state index contributed by atoms with van der Waals surface area (Å²) in [6.45, 7) is 2.14. The van der Waals surface area contributed by atoms with Crippen molar-refractivity contribution in [3.05, 3.63) is 0 Å². The SMILES string of the molecule is CCCCCC1(Br)C(=O)CCC1CC(=O)OC. The number of carbonyl (C=O) groups excluding carboxylic acids is 2. The highest BCUT2D eigenvalue weighted by molar-refractivity contribution is 9.10. The molecule has 1 aliphatic carbocycles. The Morgan fingerprint density at radius 1 is 1.53 bits per heavy atom. The number of hydrogen-bond acceptors (Lipinski definition) is 3. The van der Waals surface area contributed by atoms with Gasteiger partial charge in [-0.2, -0.15) is 0 Å². The van der Waals surface area contributed by atoms with Crippen molar-refractivity contribution < 1.29 is 14.3 Å². The molecular weight excluding hydrogens is 284 g/mol. The summed E-state index contributed by atoms with van der Waals surface area (Å²) >= 11 is 3.61. The van der Waals surface area contributed by atoms with Crippen LogP contribution in [0.1, 0.15) is 51.9 Å². The monoisotopic (exact) mass is 304 g/mol. The van der Waals surface area contributed by atoms with E-state index in [-0.39, 0.29) is 17.7 Å². The van der Waals surface area contributed by atoms with E-state index in [0.29, 0.717) is 12.8 Å². The summed E-state index contributed by atoms with van der Waals surface area (Å²) in [6.07, 6.45) is 5.86. The van der Waals surface area contributed by atoms with Gasteiger partial charge in [0.25, 0.3) is 0 Å². The summed E-state index contributed by atoms with van der Waals surface area (Å²) in [5.41, 5.74) is 0. The zero-order valence-corrected chi connectivity index (χ0v) is 12.2. The molecule has 3 nitrogen and oxygen atoms in total. The fourth-order valence-corrected chi connectivity index (χ4v) is 3.36. The average molecular weight is 305 g/mol. The van der Waals surface area contributed by atoms with E-state index in [1.807, 2.05) is 0 Å². The fraction of sp³-hybridized carbons (Fsp3) is 0.846. The van der Waals surface area contributed by atoms with Crippen LogP contribution in [0, 0.1) is 5.92 Å². The third-order valence-electron chi connectivity index (χ3n) is 3.62. The molecule has 0 saturated heterocycles. The Balaban J connectivity index is 2.62. The lowest BCUT2D eigenvalue weighted by atomic mass is 9.87. The van der Waals surface area contributed by atoms with Crippen molar-refractivity contribution in [2.75, 3.05) is 7.11 Å². The summed E-state index contributed by atoms with van der Waals surface area (Å²) in [5, 5.41) is 0. The van der Waals surface area contributed by atoms with Crippen molar-refractivity contribution in [1.82, 2.24) is 0 Å². The molecule has 0 amide bonds. The Hall–Kier alpha value is -0.380. The standard InChI is InChI=1S/C13H21BrO3/c1-3-4-5-8-13(14)10(6-7-11(13)15)9-12(16)17-2/h10H,3-9H2,1-2H3. The first-order chi connectivity index (χ1) is 8.04. The third kappa shape index (κ3) is 3.54. The number of alkyl halides is 1. The molecule has 0 heterocycles. The van der Waals surface area contributed by atoms with E-state index in [2.05, 4.69) is 22.9 Å². The van der Waals surface area contributed by atoms with Crippen LogP contribution in [-0.4, -0.2) is 23.2 Å². The number of carbonyl (C=O) groups is 2. The minimum atomic E-state index is -0.476. The highest BCUT2D eigenvalue weighted by Gasteiger charge is 2.47. The maximum Gasteiger partial charge on any atom is 0.305 e. The maximum atomic E-state index is 12.0. The first kappa shape index (κ1) is 14.7. The summed E-state index contributed by atoms with van der Waals surface area (Å²) in [5.74, 6) is 0.130. The molecule has 0 aromatic carbocycles. The molecule has 0 spiro atoms. The molecule has 0 radical (unpaired) electrons. The van der Waals surface area contributed by atoms with Crippen LogP contribution in [0.3, 0.4) is 0 Å². The lowest BCUT2D eigenvalue weighted by Crippen LogP contribution is -2.34. The van der Waals surface area contributed by atoms with Crippen molar-refractivity contribution in [3.8, 4) is 0 Å². The van der Waals surface area contributed by atoms with Crippen molar-refractivity contribution in [3.63, 3.8) is 0 Å². The summed E-state index contributed by atoms with van der Waals surface area (Å²) in [4.78, 5) is 23.3. The van der Waals surface area contributed by atoms with Gasteiger partial charge in [-0.15, -0.1) is 0 Å². The largest absolute Gasteiger partial charge is 0.469 e. The van der Waals surface area contributed by atoms with Crippen LogP contribution < -0.4 is 0 Å². The van der Waals surface area contributed by atoms with Gasteiger partial charge < -0.3 is 4.74 Å². The lowest BCUT2D eigenvalue weighted by molar-refractivity contribution is -0.141. The molecule has 1 fully saturated rings. The van der Waals surface area contributed by atoms with Gasteiger partial charge in [0.2, 0.25) is 0 Å². The highest BCUT2D eigenvalue weighted by Crippen LogP contribution is 2.45. The normalized spacial score (nSPS) is 28.4. The van der Waals surface area contributed by atoms with Gasteiger partial charge in [0.05, 0.1) is 17.9 Å². The second kappa shape index (κ2) is 6.53. The zero-order valence-electron chi connectivity index (χ0n) is 10.6. The Morgan fingerprint density at radius 2 is 2.24 bits per heavy atom.